The quantitative estimate of drug-likeness (QED) is 0.660. The van der Waals surface area contributed by atoms with Crippen LogP contribution >= 0.6 is 11.3 Å². The van der Waals surface area contributed by atoms with E-state index < -0.39 is 0 Å². The third-order valence-electron chi connectivity index (χ3n) is 5.62. The lowest BCUT2D eigenvalue weighted by atomic mass is 9.72. The number of nitrogens with zero attached hydrogens (tertiary/aromatic N) is 4. The van der Waals surface area contributed by atoms with E-state index >= 15 is 0 Å². The Bertz CT molecular complexity index is 802. The fraction of sp³-hybridized carbons (Fsp3) is 0.429. The summed E-state index contributed by atoms with van der Waals surface area (Å²) in [6.45, 7) is 3.24. The molecule has 0 saturated carbocycles. The van der Waals surface area contributed by atoms with E-state index in [1.165, 1.54) is 35.4 Å². The molecule has 3 aromatic rings. The van der Waals surface area contributed by atoms with Gasteiger partial charge in [0.1, 0.15) is 0 Å². The highest BCUT2D eigenvalue weighted by Crippen LogP contribution is 2.39. The van der Waals surface area contributed by atoms with Crippen LogP contribution < -0.4 is 0 Å². The average Bonchev–Trinajstić information content (AvgIpc) is 3.34. The molecule has 3 aromatic heterocycles. The first-order chi connectivity index (χ1) is 12.7. The number of thiophene rings is 1. The van der Waals surface area contributed by atoms with Crippen molar-refractivity contribution in [1.29, 1.82) is 0 Å². The topological polar surface area (TPSA) is 34.0 Å². The van der Waals surface area contributed by atoms with Crippen molar-refractivity contribution in [2.75, 3.05) is 13.1 Å². The molecule has 0 atom stereocenters. The predicted molar refractivity (Wildman–Crippen MR) is 106 cm³/mol. The predicted octanol–water partition coefficient (Wildman–Crippen LogP) is 4.04. The van der Waals surface area contributed by atoms with Crippen molar-refractivity contribution in [2.24, 2.45) is 7.05 Å². The van der Waals surface area contributed by atoms with Crippen LogP contribution in [0.3, 0.4) is 0 Å². The van der Waals surface area contributed by atoms with Crippen LogP contribution in [0.4, 0.5) is 0 Å². The summed E-state index contributed by atoms with van der Waals surface area (Å²) in [5.74, 6) is 0. The fourth-order valence-electron chi connectivity index (χ4n) is 4.08. The Hall–Kier alpha value is -1.98. The van der Waals surface area contributed by atoms with Gasteiger partial charge in [0, 0.05) is 47.5 Å². The van der Waals surface area contributed by atoms with Gasteiger partial charge in [0.25, 0.3) is 0 Å². The Labute approximate surface area is 159 Å². The van der Waals surface area contributed by atoms with Crippen LogP contribution in [0.1, 0.15) is 35.4 Å². The van der Waals surface area contributed by atoms with Crippen LogP contribution in [0.5, 0.6) is 0 Å². The van der Waals surface area contributed by atoms with Gasteiger partial charge in [-0.15, -0.1) is 11.3 Å². The van der Waals surface area contributed by atoms with Gasteiger partial charge in [0.05, 0.1) is 6.20 Å². The number of likely N-dealkylation sites (tertiary alicyclic amines) is 1. The second kappa shape index (κ2) is 7.72. The van der Waals surface area contributed by atoms with Crippen molar-refractivity contribution in [3.05, 3.63) is 70.4 Å². The Morgan fingerprint density at radius 2 is 2.04 bits per heavy atom. The molecular weight excluding hydrogens is 340 g/mol. The van der Waals surface area contributed by atoms with Gasteiger partial charge in [0.2, 0.25) is 0 Å². The second-order valence-corrected chi connectivity index (χ2v) is 8.41. The van der Waals surface area contributed by atoms with E-state index in [2.05, 4.69) is 45.8 Å². The van der Waals surface area contributed by atoms with E-state index in [-0.39, 0.29) is 5.41 Å². The summed E-state index contributed by atoms with van der Waals surface area (Å²) in [5, 5.41) is 6.48. The molecule has 0 N–H and O–H groups in total. The summed E-state index contributed by atoms with van der Waals surface area (Å²) in [6, 6.07) is 10.8. The number of piperidine rings is 1. The maximum Gasteiger partial charge on any atom is 0.0534 e. The summed E-state index contributed by atoms with van der Waals surface area (Å²) in [7, 11) is 1.98. The molecule has 4 rings (SSSR count). The van der Waals surface area contributed by atoms with Gasteiger partial charge in [-0.05, 0) is 62.4 Å². The smallest absolute Gasteiger partial charge is 0.0534 e. The fourth-order valence-corrected chi connectivity index (χ4v) is 4.79. The molecule has 1 aliphatic heterocycles. The lowest BCUT2D eigenvalue weighted by molar-refractivity contribution is 0.143. The lowest BCUT2D eigenvalue weighted by Gasteiger charge is -2.41. The number of pyridine rings is 1. The molecule has 0 aliphatic carbocycles. The minimum Gasteiger partial charge on any atom is -0.299 e. The molecule has 0 amide bonds. The van der Waals surface area contributed by atoms with Gasteiger partial charge in [-0.1, -0.05) is 12.1 Å². The molecule has 0 spiro atoms. The number of hydrogen-bond donors (Lipinski definition) is 0. The average molecular weight is 367 g/mol. The summed E-state index contributed by atoms with van der Waals surface area (Å²) in [6.07, 6.45) is 10.7. The van der Waals surface area contributed by atoms with Crippen LogP contribution in [0.15, 0.2) is 54.3 Å². The number of aromatic nitrogens is 3. The molecule has 26 heavy (non-hydrogen) atoms. The molecule has 0 radical (unpaired) electrons. The van der Waals surface area contributed by atoms with Gasteiger partial charge in [-0.3, -0.25) is 14.6 Å². The largest absolute Gasteiger partial charge is 0.299 e. The van der Waals surface area contributed by atoms with E-state index in [1.54, 1.807) is 0 Å². The van der Waals surface area contributed by atoms with Gasteiger partial charge in [-0.2, -0.15) is 5.10 Å². The van der Waals surface area contributed by atoms with Crippen LogP contribution in [0, 0.1) is 0 Å². The van der Waals surface area contributed by atoms with Gasteiger partial charge < -0.3 is 0 Å². The summed E-state index contributed by atoms with van der Waals surface area (Å²) < 4.78 is 1.89. The van der Waals surface area contributed by atoms with Crippen molar-refractivity contribution in [1.82, 2.24) is 19.7 Å². The first-order valence-corrected chi connectivity index (χ1v) is 10.3. The van der Waals surface area contributed by atoms with Crippen LogP contribution in [-0.4, -0.2) is 32.8 Å². The van der Waals surface area contributed by atoms with Gasteiger partial charge in [0.15, 0.2) is 0 Å². The van der Waals surface area contributed by atoms with Gasteiger partial charge in [-0.25, -0.2) is 0 Å². The Morgan fingerprint density at radius 1 is 1.15 bits per heavy atom. The highest BCUT2D eigenvalue weighted by Gasteiger charge is 2.37. The molecule has 1 aliphatic rings. The lowest BCUT2D eigenvalue weighted by Crippen LogP contribution is -2.43. The monoisotopic (exact) mass is 366 g/mol. The maximum absolute atomic E-state index is 4.76. The van der Waals surface area contributed by atoms with Crippen LogP contribution in [0.25, 0.3) is 0 Å². The zero-order chi connectivity index (χ0) is 17.8. The third-order valence-corrected chi connectivity index (χ3v) is 6.55. The van der Waals surface area contributed by atoms with E-state index in [4.69, 9.17) is 4.98 Å². The highest BCUT2D eigenvalue weighted by atomic mass is 32.1. The zero-order valence-corrected chi connectivity index (χ0v) is 16.2. The summed E-state index contributed by atoms with van der Waals surface area (Å²) >= 11 is 1.87. The molecule has 1 fully saturated rings. The zero-order valence-electron chi connectivity index (χ0n) is 15.3. The number of rotatable bonds is 6. The Balaban J connectivity index is 1.46. The molecule has 4 nitrogen and oxygen atoms in total. The van der Waals surface area contributed by atoms with E-state index in [9.17, 15) is 0 Å². The Kier molecular flexibility index (Phi) is 5.18. The Morgan fingerprint density at radius 3 is 2.69 bits per heavy atom. The van der Waals surface area contributed by atoms with Crippen LogP contribution in [-0.2, 0) is 25.4 Å². The number of aryl methyl sites for hydroxylation is 2. The van der Waals surface area contributed by atoms with Crippen molar-refractivity contribution in [2.45, 2.75) is 37.6 Å². The van der Waals surface area contributed by atoms with E-state index in [0.717, 1.165) is 26.1 Å². The van der Waals surface area contributed by atoms with E-state index in [0.29, 0.717) is 0 Å². The number of hydrogen-bond acceptors (Lipinski definition) is 4. The first kappa shape index (κ1) is 17.4. The minimum atomic E-state index is 0.205. The maximum atomic E-state index is 4.76. The van der Waals surface area contributed by atoms with Crippen molar-refractivity contribution in [3.8, 4) is 0 Å². The minimum absolute atomic E-state index is 0.205. The summed E-state index contributed by atoms with van der Waals surface area (Å²) in [4.78, 5) is 8.80. The molecule has 4 heterocycles. The SMILES string of the molecule is Cn1cc(CN2CCC(CCc3cccs3)(c3ccccn3)CC2)cn1. The summed E-state index contributed by atoms with van der Waals surface area (Å²) in [5.41, 5.74) is 2.78. The molecule has 0 aromatic carbocycles. The molecule has 5 heteroatoms. The molecule has 136 valence electrons. The first-order valence-electron chi connectivity index (χ1n) is 9.37. The molecular formula is C21H26N4S. The normalized spacial score (nSPS) is 17.4. The molecule has 1 saturated heterocycles. The van der Waals surface area contributed by atoms with Crippen LogP contribution in [0.2, 0.25) is 0 Å². The van der Waals surface area contributed by atoms with Crippen molar-refractivity contribution in [3.63, 3.8) is 0 Å². The standard InChI is InChI=1S/C21H26N4S/c1-24-16-18(15-23-24)17-25-12-9-21(10-13-25,20-6-2-3-11-22-20)8-7-19-5-4-14-26-19/h2-6,11,14-16H,7-10,12-13,17H2,1H3. The van der Waals surface area contributed by atoms with Crippen molar-refractivity contribution >= 4 is 11.3 Å². The van der Waals surface area contributed by atoms with E-state index in [1.807, 2.05) is 41.5 Å². The van der Waals surface area contributed by atoms with Crippen molar-refractivity contribution < 1.29 is 0 Å². The second-order valence-electron chi connectivity index (χ2n) is 7.37. The van der Waals surface area contributed by atoms with Gasteiger partial charge >= 0.3 is 0 Å². The third kappa shape index (κ3) is 3.89. The highest BCUT2D eigenvalue weighted by molar-refractivity contribution is 7.09. The molecule has 0 bridgehead atoms. The molecule has 0 unspecified atom stereocenters.